The molecule has 1 aromatic heterocycles. The van der Waals surface area contributed by atoms with Crippen molar-refractivity contribution >= 4 is 5.95 Å². The molecular formula is C9H16N4O2. The van der Waals surface area contributed by atoms with E-state index in [4.69, 9.17) is 15.2 Å². The molecule has 0 radical (unpaired) electrons. The molecule has 1 aliphatic heterocycles. The van der Waals surface area contributed by atoms with Gasteiger partial charge in [0.2, 0.25) is 5.95 Å². The Morgan fingerprint density at radius 1 is 1.67 bits per heavy atom. The maximum absolute atomic E-state index is 5.48. The summed E-state index contributed by atoms with van der Waals surface area (Å²) in [6, 6.07) is 0. The van der Waals surface area contributed by atoms with Crippen molar-refractivity contribution < 1.29 is 9.47 Å². The first-order chi connectivity index (χ1) is 7.34. The Kier molecular flexibility index (Phi) is 3.52. The van der Waals surface area contributed by atoms with Crippen LogP contribution in [0.2, 0.25) is 0 Å². The Labute approximate surface area is 88.4 Å². The van der Waals surface area contributed by atoms with Crippen molar-refractivity contribution in [1.82, 2.24) is 14.8 Å². The van der Waals surface area contributed by atoms with Crippen LogP contribution in [0.15, 0.2) is 6.33 Å². The van der Waals surface area contributed by atoms with Gasteiger partial charge in [-0.1, -0.05) is 0 Å². The van der Waals surface area contributed by atoms with Crippen LogP contribution in [-0.4, -0.2) is 40.7 Å². The lowest BCUT2D eigenvalue weighted by Crippen LogP contribution is -2.16. The van der Waals surface area contributed by atoms with E-state index >= 15 is 0 Å². The van der Waals surface area contributed by atoms with Crippen molar-refractivity contribution in [1.29, 1.82) is 0 Å². The number of hydrogen-bond donors (Lipinski definition) is 1. The number of nitrogens with two attached hydrogens (primary N) is 1. The maximum Gasteiger partial charge on any atom is 0.239 e. The van der Waals surface area contributed by atoms with Gasteiger partial charge in [-0.2, -0.15) is 0 Å². The Hall–Kier alpha value is -1.14. The van der Waals surface area contributed by atoms with E-state index in [1.165, 1.54) is 0 Å². The maximum atomic E-state index is 5.48. The van der Waals surface area contributed by atoms with Crippen molar-refractivity contribution in [2.24, 2.45) is 0 Å². The van der Waals surface area contributed by atoms with E-state index in [9.17, 15) is 0 Å². The number of aromatic nitrogens is 3. The minimum absolute atomic E-state index is 0.283. The Morgan fingerprint density at radius 3 is 3.27 bits per heavy atom. The van der Waals surface area contributed by atoms with Gasteiger partial charge in [-0.05, 0) is 12.8 Å². The smallest absolute Gasteiger partial charge is 0.239 e. The molecule has 6 heteroatoms. The van der Waals surface area contributed by atoms with Crippen LogP contribution in [-0.2, 0) is 16.0 Å². The zero-order valence-electron chi connectivity index (χ0n) is 8.63. The van der Waals surface area contributed by atoms with Crippen LogP contribution < -0.4 is 5.73 Å². The molecular weight excluding hydrogens is 196 g/mol. The quantitative estimate of drug-likeness (QED) is 0.698. The summed E-state index contributed by atoms with van der Waals surface area (Å²) in [7, 11) is 0. The van der Waals surface area contributed by atoms with Gasteiger partial charge in [0.15, 0.2) is 0 Å². The lowest BCUT2D eigenvalue weighted by molar-refractivity contribution is 0.0142. The average molecular weight is 212 g/mol. The monoisotopic (exact) mass is 212 g/mol. The predicted octanol–water partition coefficient (Wildman–Crippen LogP) is 0.0559. The van der Waals surface area contributed by atoms with Gasteiger partial charge >= 0.3 is 0 Å². The largest absolute Gasteiger partial charge is 0.377 e. The van der Waals surface area contributed by atoms with E-state index in [0.29, 0.717) is 25.7 Å². The second-order valence-electron chi connectivity index (χ2n) is 3.58. The lowest BCUT2D eigenvalue weighted by atomic mass is 10.2. The number of nitrogen functional groups attached to an aromatic ring is 1. The Balaban J connectivity index is 1.58. The van der Waals surface area contributed by atoms with Crippen molar-refractivity contribution in [3.63, 3.8) is 0 Å². The summed E-state index contributed by atoms with van der Waals surface area (Å²) in [4.78, 5) is 3.82. The fourth-order valence-electron chi connectivity index (χ4n) is 1.57. The molecule has 0 aromatic carbocycles. The molecule has 0 saturated carbocycles. The summed E-state index contributed by atoms with van der Waals surface area (Å²) in [5.74, 6) is 0.300. The first kappa shape index (κ1) is 10.4. The van der Waals surface area contributed by atoms with Crippen molar-refractivity contribution in [3.8, 4) is 0 Å². The third kappa shape index (κ3) is 3.17. The van der Waals surface area contributed by atoms with E-state index < -0.39 is 0 Å². The van der Waals surface area contributed by atoms with Crippen LogP contribution in [0.1, 0.15) is 12.8 Å². The summed E-state index contributed by atoms with van der Waals surface area (Å²) in [5, 5.41) is 3.95. The van der Waals surface area contributed by atoms with E-state index in [2.05, 4.69) is 10.1 Å². The van der Waals surface area contributed by atoms with Gasteiger partial charge in [0.1, 0.15) is 6.33 Å². The van der Waals surface area contributed by atoms with Crippen molar-refractivity contribution in [3.05, 3.63) is 6.33 Å². The number of anilines is 1. The molecule has 6 nitrogen and oxygen atoms in total. The summed E-state index contributed by atoms with van der Waals surface area (Å²) < 4.78 is 12.6. The van der Waals surface area contributed by atoms with E-state index in [0.717, 1.165) is 19.4 Å². The minimum atomic E-state index is 0.283. The highest BCUT2D eigenvalue weighted by Gasteiger charge is 2.14. The molecule has 15 heavy (non-hydrogen) atoms. The summed E-state index contributed by atoms with van der Waals surface area (Å²) in [5.41, 5.74) is 5.38. The van der Waals surface area contributed by atoms with Crippen molar-refractivity contribution in [2.45, 2.75) is 25.5 Å². The Morgan fingerprint density at radius 2 is 2.60 bits per heavy atom. The molecule has 1 fully saturated rings. The SMILES string of the molecule is Nc1ncn(CCOCC2CCCO2)n1. The van der Waals surface area contributed by atoms with Gasteiger partial charge in [0, 0.05) is 6.61 Å². The van der Waals surface area contributed by atoms with E-state index in [1.807, 2.05) is 0 Å². The Bertz CT molecular complexity index is 296. The molecule has 2 N–H and O–H groups in total. The van der Waals surface area contributed by atoms with Gasteiger partial charge in [-0.3, -0.25) is 0 Å². The lowest BCUT2D eigenvalue weighted by Gasteiger charge is -2.09. The second-order valence-corrected chi connectivity index (χ2v) is 3.58. The van der Waals surface area contributed by atoms with Gasteiger partial charge in [-0.15, -0.1) is 5.10 Å². The number of nitrogens with zero attached hydrogens (tertiary/aromatic N) is 3. The molecule has 1 saturated heterocycles. The zero-order valence-corrected chi connectivity index (χ0v) is 8.63. The van der Waals surface area contributed by atoms with Crippen LogP contribution in [0.5, 0.6) is 0 Å². The molecule has 1 atom stereocenters. The zero-order chi connectivity index (χ0) is 10.5. The molecule has 84 valence electrons. The second kappa shape index (κ2) is 5.09. The number of ether oxygens (including phenoxy) is 2. The van der Waals surface area contributed by atoms with Gasteiger partial charge in [0.05, 0.1) is 25.9 Å². The third-order valence-corrected chi connectivity index (χ3v) is 2.35. The molecule has 2 heterocycles. The molecule has 1 unspecified atom stereocenters. The topological polar surface area (TPSA) is 75.2 Å². The molecule has 0 spiro atoms. The first-order valence-electron chi connectivity index (χ1n) is 5.19. The van der Waals surface area contributed by atoms with Crippen LogP contribution in [0.3, 0.4) is 0 Å². The predicted molar refractivity (Wildman–Crippen MR) is 54.2 cm³/mol. The summed E-state index contributed by atoms with van der Waals surface area (Å²) in [6.45, 7) is 2.83. The van der Waals surface area contributed by atoms with Crippen LogP contribution >= 0.6 is 0 Å². The van der Waals surface area contributed by atoms with Crippen LogP contribution in [0, 0.1) is 0 Å². The van der Waals surface area contributed by atoms with Crippen molar-refractivity contribution in [2.75, 3.05) is 25.6 Å². The highest BCUT2D eigenvalue weighted by atomic mass is 16.5. The molecule has 0 amide bonds. The average Bonchev–Trinajstić information content (AvgIpc) is 2.84. The van der Waals surface area contributed by atoms with E-state index in [-0.39, 0.29) is 6.10 Å². The molecule has 0 aliphatic carbocycles. The van der Waals surface area contributed by atoms with Gasteiger partial charge in [0.25, 0.3) is 0 Å². The van der Waals surface area contributed by atoms with Gasteiger partial charge in [-0.25, -0.2) is 9.67 Å². The minimum Gasteiger partial charge on any atom is -0.377 e. The van der Waals surface area contributed by atoms with E-state index in [1.54, 1.807) is 11.0 Å². The molecule has 1 aromatic rings. The highest BCUT2D eigenvalue weighted by Crippen LogP contribution is 2.11. The standard InChI is InChI=1S/C9H16N4O2/c10-9-11-7-13(12-9)3-5-14-6-8-2-1-4-15-8/h7-8H,1-6H2,(H2,10,12). The number of hydrogen-bond acceptors (Lipinski definition) is 5. The molecule has 2 rings (SSSR count). The summed E-state index contributed by atoms with van der Waals surface area (Å²) >= 11 is 0. The normalized spacial score (nSPS) is 20.9. The fourth-order valence-corrected chi connectivity index (χ4v) is 1.57. The first-order valence-corrected chi connectivity index (χ1v) is 5.19. The number of rotatable bonds is 5. The van der Waals surface area contributed by atoms with Gasteiger partial charge < -0.3 is 15.2 Å². The van der Waals surface area contributed by atoms with Crippen LogP contribution in [0.25, 0.3) is 0 Å². The molecule has 1 aliphatic rings. The third-order valence-electron chi connectivity index (χ3n) is 2.35. The summed E-state index contributed by atoms with van der Waals surface area (Å²) in [6.07, 6.45) is 4.14. The highest BCUT2D eigenvalue weighted by molar-refractivity contribution is 5.08. The van der Waals surface area contributed by atoms with Crippen LogP contribution in [0.4, 0.5) is 5.95 Å². The fraction of sp³-hybridized carbons (Fsp3) is 0.778. The molecule has 0 bridgehead atoms.